The van der Waals surface area contributed by atoms with Gasteiger partial charge in [0.2, 0.25) is 5.91 Å². The van der Waals surface area contributed by atoms with Crippen LogP contribution < -0.4 is 10.2 Å². The predicted molar refractivity (Wildman–Crippen MR) is 115 cm³/mol. The first-order chi connectivity index (χ1) is 14.2. The summed E-state index contributed by atoms with van der Waals surface area (Å²) in [5.74, 6) is 0.505. The molecule has 0 aromatic carbocycles. The zero-order valence-electron chi connectivity index (χ0n) is 17.9. The van der Waals surface area contributed by atoms with E-state index < -0.39 is 5.41 Å². The predicted octanol–water partition coefficient (Wildman–Crippen LogP) is 3.21. The normalized spacial score (nSPS) is 19.8. The molecule has 2 aromatic rings. The van der Waals surface area contributed by atoms with Gasteiger partial charge in [0.05, 0.1) is 11.1 Å². The lowest BCUT2D eigenvalue weighted by Crippen LogP contribution is -2.31. The van der Waals surface area contributed by atoms with Crippen LogP contribution >= 0.6 is 0 Å². The molecule has 0 spiro atoms. The van der Waals surface area contributed by atoms with Crippen LogP contribution in [0.1, 0.15) is 47.8 Å². The monoisotopic (exact) mass is 403 g/mol. The van der Waals surface area contributed by atoms with Crippen molar-refractivity contribution in [1.29, 1.82) is 0 Å². The number of hydrogen-bond acceptors (Lipinski definition) is 5. The number of nitrogens with zero attached hydrogens (tertiary/aromatic N) is 4. The average molecular weight is 403 g/mol. The van der Waals surface area contributed by atoms with Crippen molar-refractivity contribution in [2.75, 3.05) is 11.9 Å². The maximum atomic E-state index is 13.5. The quantitative estimate of drug-likeness (QED) is 0.850. The number of fused-ring (bicyclic) bond motifs is 1. The Kier molecular flexibility index (Phi) is 4.76. The number of rotatable bonds is 3. The van der Waals surface area contributed by atoms with Crippen LogP contribution in [-0.4, -0.2) is 33.8 Å². The summed E-state index contributed by atoms with van der Waals surface area (Å²) in [6, 6.07) is 3.52. The summed E-state index contributed by atoms with van der Waals surface area (Å²) in [7, 11) is 1.57. The lowest BCUT2D eigenvalue weighted by atomic mass is 9.75. The molecule has 1 atom stereocenters. The van der Waals surface area contributed by atoms with Crippen LogP contribution in [0.25, 0.3) is 5.57 Å². The van der Waals surface area contributed by atoms with Crippen molar-refractivity contribution in [1.82, 2.24) is 20.3 Å². The molecule has 154 valence electrons. The topological polar surface area (TPSA) is 88.1 Å². The van der Waals surface area contributed by atoms with Crippen molar-refractivity contribution in [2.45, 2.75) is 34.1 Å². The largest absolute Gasteiger partial charge is 0.354 e. The van der Waals surface area contributed by atoms with Gasteiger partial charge in [-0.05, 0) is 44.1 Å². The van der Waals surface area contributed by atoms with E-state index in [1.807, 2.05) is 39.8 Å². The van der Waals surface area contributed by atoms with E-state index in [1.165, 1.54) is 0 Å². The van der Waals surface area contributed by atoms with Crippen LogP contribution in [0, 0.1) is 25.2 Å². The van der Waals surface area contributed by atoms with Gasteiger partial charge < -0.3 is 5.32 Å². The molecule has 0 saturated carbocycles. The first kappa shape index (κ1) is 19.9. The third-order valence-corrected chi connectivity index (χ3v) is 5.89. The molecule has 7 heteroatoms. The molecule has 30 heavy (non-hydrogen) atoms. The number of aromatic nitrogens is 3. The first-order valence-corrected chi connectivity index (χ1v) is 9.98. The highest BCUT2D eigenvalue weighted by Crippen LogP contribution is 2.50. The van der Waals surface area contributed by atoms with Crippen LogP contribution in [0.5, 0.6) is 0 Å². The summed E-state index contributed by atoms with van der Waals surface area (Å²) in [6.07, 6.45) is 8.55. The molecule has 1 fully saturated rings. The molecule has 1 unspecified atom stereocenters. The Morgan fingerprint density at radius 3 is 2.57 bits per heavy atom. The lowest BCUT2D eigenvalue weighted by Gasteiger charge is -2.26. The van der Waals surface area contributed by atoms with E-state index in [2.05, 4.69) is 26.3 Å². The summed E-state index contributed by atoms with van der Waals surface area (Å²) in [5.41, 5.74) is 3.92. The van der Waals surface area contributed by atoms with E-state index in [0.717, 1.165) is 23.3 Å². The minimum absolute atomic E-state index is 0.0158. The third-order valence-electron chi connectivity index (χ3n) is 5.89. The van der Waals surface area contributed by atoms with Crippen molar-refractivity contribution < 1.29 is 9.59 Å². The number of pyridine rings is 1. The van der Waals surface area contributed by atoms with Gasteiger partial charge in [0.25, 0.3) is 5.91 Å². The van der Waals surface area contributed by atoms with E-state index >= 15 is 0 Å². The molecule has 7 nitrogen and oxygen atoms in total. The molecule has 0 radical (unpaired) electrons. The van der Waals surface area contributed by atoms with Crippen LogP contribution in [0.3, 0.4) is 0 Å². The van der Waals surface area contributed by atoms with Crippen LogP contribution in [0.2, 0.25) is 0 Å². The number of carbonyl (C=O) groups is 2. The molecule has 2 aromatic heterocycles. The molecule has 1 aliphatic carbocycles. The van der Waals surface area contributed by atoms with Gasteiger partial charge in [0.15, 0.2) is 0 Å². The molecule has 1 aliphatic heterocycles. The fourth-order valence-corrected chi connectivity index (χ4v) is 4.16. The Hall–Kier alpha value is -3.35. The molecule has 2 aliphatic rings. The summed E-state index contributed by atoms with van der Waals surface area (Å²) < 4.78 is 0. The molecule has 2 amide bonds. The Labute approximate surface area is 175 Å². The number of nitrogens with one attached hydrogen (secondary N) is 1. The van der Waals surface area contributed by atoms with E-state index in [9.17, 15) is 9.59 Å². The zero-order valence-corrected chi connectivity index (χ0v) is 17.9. The molecular formula is C23H25N5O2. The molecule has 4 rings (SSSR count). The molecule has 1 saturated heterocycles. The number of amides is 2. The van der Waals surface area contributed by atoms with Gasteiger partial charge in [-0.1, -0.05) is 19.9 Å². The van der Waals surface area contributed by atoms with Crippen molar-refractivity contribution >= 4 is 23.1 Å². The highest BCUT2D eigenvalue weighted by Gasteiger charge is 2.51. The fraction of sp³-hybridized carbons (Fsp3) is 0.348. The Morgan fingerprint density at radius 1 is 1.20 bits per heavy atom. The molecule has 3 heterocycles. The highest BCUT2D eigenvalue weighted by atomic mass is 16.2. The maximum absolute atomic E-state index is 13.5. The summed E-state index contributed by atoms with van der Waals surface area (Å²) in [4.78, 5) is 40.3. The molecule has 0 bridgehead atoms. The number of anilines is 1. The van der Waals surface area contributed by atoms with Crippen molar-refractivity contribution in [3.05, 3.63) is 65.2 Å². The first-order valence-electron chi connectivity index (χ1n) is 9.98. The average Bonchev–Trinajstić information content (AvgIpc) is 2.92. The SMILES string of the molecule is CNC(=O)c1cc(N2C(=O)C(C)(C)C3CC=C(c4cnc(C)nc4)C=C32)cc(C)n1. The van der Waals surface area contributed by atoms with Crippen molar-refractivity contribution in [3.63, 3.8) is 0 Å². The summed E-state index contributed by atoms with van der Waals surface area (Å²) >= 11 is 0. The van der Waals surface area contributed by atoms with Crippen molar-refractivity contribution in [3.8, 4) is 0 Å². The Balaban J connectivity index is 1.82. The maximum Gasteiger partial charge on any atom is 0.269 e. The standard InChI is InChI=1S/C23H25N5O2/c1-13-8-17(10-19(27-13)21(29)24-5)28-20-9-15(16-11-25-14(2)26-12-16)6-7-18(20)23(3,4)22(28)30/h6,8-12,18H,7H2,1-5H3,(H,24,29). The number of allylic oxidation sites excluding steroid dienone is 4. The molecular weight excluding hydrogens is 378 g/mol. The minimum Gasteiger partial charge on any atom is -0.354 e. The zero-order chi connectivity index (χ0) is 21.6. The second-order valence-electron chi connectivity index (χ2n) is 8.33. The fourth-order valence-electron chi connectivity index (χ4n) is 4.16. The lowest BCUT2D eigenvalue weighted by molar-refractivity contribution is -0.125. The van der Waals surface area contributed by atoms with E-state index in [-0.39, 0.29) is 17.7 Å². The van der Waals surface area contributed by atoms with Gasteiger partial charge in [0.1, 0.15) is 11.5 Å². The number of carbonyl (C=O) groups excluding carboxylic acids is 2. The van der Waals surface area contributed by atoms with E-state index in [1.54, 1.807) is 30.4 Å². The second-order valence-corrected chi connectivity index (χ2v) is 8.33. The summed E-state index contributed by atoms with van der Waals surface area (Å²) in [6.45, 7) is 7.64. The Morgan fingerprint density at radius 2 is 1.90 bits per heavy atom. The number of aryl methyl sites for hydroxylation is 2. The smallest absolute Gasteiger partial charge is 0.269 e. The number of hydrogen-bond donors (Lipinski definition) is 1. The van der Waals surface area contributed by atoms with Crippen LogP contribution in [-0.2, 0) is 4.79 Å². The molecule has 1 N–H and O–H groups in total. The van der Waals surface area contributed by atoms with Gasteiger partial charge in [0, 0.05) is 42.3 Å². The van der Waals surface area contributed by atoms with Gasteiger partial charge in [-0.25, -0.2) is 15.0 Å². The Bertz CT molecular complexity index is 1100. The van der Waals surface area contributed by atoms with E-state index in [0.29, 0.717) is 22.9 Å². The van der Waals surface area contributed by atoms with Gasteiger partial charge in [-0.15, -0.1) is 0 Å². The van der Waals surface area contributed by atoms with E-state index in [4.69, 9.17) is 0 Å². The van der Waals surface area contributed by atoms with Gasteiger partial charge in [-0.2, -0.15) is 0 Å². The second kappa shape index (κ2) is 7.16. The highest BCUT2D eigenvalue weighted by molar-refractivity contribution is 6.06. The van der Waals surface area contributed by atoms with Gasteiger partial charge >= 0.3 is 0 Å². The van der Waals surface area contributed by atoms with Crippen molar-refractivity contribution in [2.24, 2.45) is 11.3 Å². The summed E-state index contributed by atoms with van der Waals surface area (Å²) in [5, 5.41) is 2.60. The van der Waals surface area contributed by atoms with Crippen LogP contribution in [0.15, 0.2) is 42.4 Å². The third kappa shape index (κ3) is 3.20. The van der Waals surface area contributed by atoms with Gasteiger partial charge in [-0.3, -0.25) is 14.5 Å². The minimum atomic E-state index is -0.554. The van der Waals surface area contributed by atoms with Crippen LogP contribution in [0.4, 0.5) is 5.69 Å².